The van der Waals surface area contributed by atoms with Crippen LogP contribution in [0.1, 0.15) is 5.69 Å². The summed E-state index contributed by atoms with van der Waals surface area (Å²) in [6.07, 6.45) is 0. The van der Waals surface area contributed by atoms with Crippen LogP contribution in [0.2, 0.25) is 0 Å². The van der Waals surface area contributed by atoms with Crippen LogP contribution >= 0.6 is 27.7 Å². The number of aryl methyl sites for hydroxylation is 1. The van der Waals surface area contributed by atoms with E-state index in [-0.39, 0.29) is 11.2 Å². The number of nitrogens with one attached hydrogen (secondary N) is 1. The number of nitro benzene ring substituents is 1. The van der Waals surface area contributed by atoms with Gasteiger partial charge < -0.3 is 0 Å². The lowest BCUT2D eigenvalue weighted by Gasteiger charge is -2.00. The minimum atomic E-state index is -0.471. The Labute approximate surface area is 149 Å². The molecule has 0 saturated carbocycles. The molecule has 3 rings (SSSR count). The Bertz CT molecular complexity index is 946. The monoisotopic (exact) mass is 405 g/mol. The van der Waals surface area contributed by atoms with E-state index in [1.54, 1.807) is 12.1 Å². The average molecular weight is 406 g/mol. The zero-order valence-electron chi connectivity index (χ0n) is 12.5. The van der Waals surface area contributed by atoms with Gasteiger partial charge in [-0.05, 0) is 43.3 Å². The molecule has 1 aromatic heterocycles. The van der Waals surface area contributed by atoms with E-state index in [2.05, 4.69) is 21.0 Å². The van der Waals surface area contributed by atoms with Crippen molar-refractivity contribution in [2.45, 2.75) is 16.7 Å². The maximum absolute atomic E-state index is 12.6. The SMILES string of the molecule is Cc1[nH]n(-c2ccc([N+](=O)[O-])cc2)c(=O)c1Sc1ccc(Br)cc1. The standard InChI is InChI=1S/C16H12BrN3O3S/c1-10-15(24-14-8-2-11(17)3-9-14)16(21)19(18-10)12-4-6-13(7-5-12)20(22)23/h2-9,18H,1H3. The van der Waals surface area contributed by atoms with Crippen LogP contribution in [0.3, 0.4) is 0 Å². The van der Waals surface area contributed by atoms with Crippen LogP contribution < -0.4 is 5.56 Å². The van der Waals surface area contributed by atoms with Crippen LogP contribution in [0.4, 0.5) is 5.69 Å². The highest BCUT2D eigenvalue weighted by atomic mass is 79.9. The summed E-state index contributed by atoms with van der Waals surface area (Å²) in [7, 11) is 0. The fourth-order valence-electron chi connectivity index (χ4n) is 2.18. The molecular weight excluding hydrogens is 394 g/mol. The second kappa shape index (κ2) is 6.66. The first-order chi connectivity index (χ1) is 11.5. The van der Waals surface area contributed by atoms with Crippen molar-refractivity contribution in [1.82, 2.24) is 9.78 Å². The molecule has 8 heteroatoms. The predicted molar refractivity (Wildman–Crippen MR) is 96.0 cm³/mol. The van der Waals surface area contributed by atoms with Crippen molar-refractivity contribution in [1.29, 1.82) is 0 Å². The maximum atomic E-state index is 12.6. The van der Waals surface area contributed by atoms with Crippen molar-refractivity contribution >= 4 is 33.4 Å². The minimum Gasteiger partial charge on any atom is -0.294 e. The lowest BCUT2D eigenvalue weighted by molar-refractivity contribution is -0.384. The topological polar surface area (TPSA) is 80.9 Å². The summed E-state index contributed by atoms with van der Waals surface area (Å²) in [4.78, 5) is 24.4. The summed E-state index contributed by atoms with van der Waals surface area (Å²) in [5.74, 6) is 0. The second-order valence-electron chi connectivity index (χ2n) is 5.04. The van der Waals surface area contributed by atoms with E-state index < -0.39 is 4.92 Å². The number of hydrogen-bond donors (Lipinski definition) is 1. The van der Waals surface area contributed by atoms with E-state index in [4.69, 9.17) is 0 Å². The van der Waals surface area contributed by atoms with E-state index >= 15 is 0 Å². The van der Waals surface area contributed by atoms with Gasteiger partial charge in [0.05, 0.1) is 15.5 Å². The lowest BCUT2D eigenvalue weighted by Crippen LogP contribution is -2.15. The van der Waals surface area contributed by atoms with Crippen LogP contribution in [-0.2, 0) is 0 Å². The average Bonchev–Trinajstić information content (AvgIpc) is 2.85. The molecule has 0 aliphatic rings. The highest BCUT2D eigenvalue weighted by Gasteiger charge is 2.14. The molecule has 0 fully saturated rings. The zero-order chi connectivity index (χ0) is 17.3. The van der Waals surface area contributed by atoms with Gasteiger partial charge in [0.15, 0.2) is 0 Å². The molecule has 0 radical (unpaired) electrons. The molecule has 2 aromatic carbocycles. The van der Waals surface area contributed by atoms with Crippen LogP contribution in [0.15, 0.2) is 67.6 Å². The molecule has 0 unspecified atom stereocenters. The fourth-order valence-corrected chi connectivity index (χ4v) is 3.33. The molecule has 0 atom stereocenters. The summed E-state index contributed by atoms with van der Waals surface area (Å²) >= 11 is 4.76. The number of aromatic amines is 1. The van der Waals surface area contributed by atoms with Crippen molar-refractivity contribution in [3.8, 4) is 5.69 Å². The third-order valence-corrected chi connectivity index (χ3v) is 5.09. The summed E-state index contributed by atoms with van der Waals surface area (Å²) < 4.78 is 2.36. The minimum absolute atomic E-state index is 0.0143. The molecule has 0 saturated heterocycles. The normalized spacial score (nSPS) is 10.8. The first-order valence-corrected chi connectivity index (χ1v) is 8.56. The largest absolute Gasteiger partial charge is 0.294 e. The molecule has 0 spiro atoms. The van der Waals surface area contributed by atoms with Crippen LogP contribution in [0.5, 0.6) is 0 Å². The van der Waals surface area contributed by atoms with Gasteiger partial charge in [-0.1, -0.05) is 27.7 Å². The highest BCUT2D eigenvalue weighted by molar-refractivity contribution is 9.10. The van der Waals surface area contributed by atoms with E-state index in [1.165, 1.54) is 28.6 Å². The molecule has 1 N–H and O–H groups in total. The lowest BCUT2D eigenvalue weighted by atomic mass is 10.3. The summed E-state index contributed by atoms with van der Waals surface area (Å²) in [6, 6.07) is 13.5. The Hall–Kier alpha value is -2.32. The molecule has 0 aliphatic carbocycles. The predicted octanol–water partition coefficient (Wildman–Crippen LogP) is 4.30. The second-order valence-corrected chi connectivity index (χ2v) is 7.04. The quantitative estimate of drug-likeness (QED) is 0.518. The number of aromatic nitrogens is 2. The Morgan fingerprint density at radius 1 is 1.12 bits per heavy atom. The molecular formula is C16H12BrN3O3S. The number of nitrogens with zero attached hydrogens (tertiary/aromatic N) is 2. The van der Waals surface area contributed by atoms with Crippen molar-refractivity contribution in [3.63, 3.8) is 0 Å². The molecule has 1 heterocycles. The fraction of sp³-hybridized carbons (Fsp3) is 0.0625. The van der Waals surface area contributed by atoms with Crippen LogP contribution in [0.25, 0.3) is 5.69 Å². The van der Waals surface area contributed by atoms with Crippen LogP contribution in [0, 0.1) is 17.0 Å². The van der Waals surface area contributed by atoms with E-state index in [0.717, 1.165) is 15.1 Å². The number of nitro groups is 1. The van der Waals surface area contributed by atoms with Gasteiger partial charge in [0.2, 0.25) is 0 Å². The molecule has 122 valence electrons. The first kappa shape index (κ1) is 16.5. The number of hydrogen-bond acceptors (Lipinski definition) is 4. The number of benzene rings is 2. The van der Waals surface area contributed by atoms with Crippen molar-refractivity contribution in [3.05, 3.63) is 79.2 Å². The van der Waals surface area contributed by atoms with Gasteiger partial charge in [-0.25, -0.2) is 4.68 Å². The third-order valence-electron chi connectivity index (χ3n) is 3.37. The number of H-pyrrole nitrogens is 1. The smallest absolute Gasteiger partial charge is 0.285 e. The molecule has 3 aromatic rings. The van der Waals surface area contributed by atoms with E-state index in [1.807, 2.05) is 31.2 Å². The first-order valence-electron chi connectivity index (χ1n) is 6.95. The Balaban J connectivity index is 1.95. The summed E-state index contributed by atoms with van der Waals surface area (Å²) in [5.41, 5.74) is 1.09. The van der Waals surface area contributed by atoms with Crippen LogP contribution in [-0.4, -0.2) is 14.7 Å². The highest BCUT2D eigenvalue weighted by Crippen LogP contribution is 2.28. The molecule has 0 amide bonds. The van der Waals surface area contributed by atoms with E-state index in [9.17, 15) is 14.9 Å². The maximum Gasteiger partial charge on any atom is 0.285 e. The van der Waals surface area contributed by atoms with Gasteiger partial charge >= 0.3 is 0 Å². The van der Waals surface area contributed by atoms with Crippen molar-refractivity contribution in [2.75, 3.05) is 0 Å². The van der Waals surface area contributed by atoms with E-state index in [0.29, 0.717) is 10.6 Å². The van der Waals surface area contributed by atoms with Gasteiger partial charge in [0, 0.05) is 27.2 Å². The van der Waals surface area contributed by atoms with Gasteiger partial charge in [-0.3, -0.25) is 20.0 Å². The van der Waals surface area contributed by atoms with Crippen molar-refractivity contribution in [2.24, 2.45) is 0 Å². The summed E-state index contributed by atoms with van der Waals surface area (Å²) in [6.45, 7) is 1.82. The number of rotatable bonds is 4. The van der Waals surface area contributed by atoms with Gasteiger partial charge in [0.1, 0.15) is 0 Å². The summed E-state index contributed by atoms with van der Waals surface area (Å²) in [5, 5.41) is 13.7. The Morgan fingerprint density at radius 3 is 2.33 bits per heavy atom. The van der Waals surface area contributed by atoms with Crippen molar-refractivity contribution < 1.29 is 4.92 Å². The van der Waals surface area contributed by atoms with Gasteiger partial charge in [0.25, 0.3) is 11.2 Å². The number of non-ortho nitro benzene ring substituents is 1. The third kappa shape index (κ3) is 3.29. The Morgan fingerprint density at radius 2 is 1.75 bits per heavy atom. The van der Waals surface area contributed by atoms with Gasteiger partial charge in [-0.15, -0.1) is 0 Å². The van der Waals surface area contributed by atoms with Gasteiger partial charge in [-0.2, -0.15) is 0 Å². The molecule has 0 bridgehead atoms. The Kier molecular flexibility index (Phi) is 4.59. The number of halogens is 1. The molecule has 0 aliphatic heterocycles. The zero-order valence-corrected chi connectivity index (χ0v) is 14.9. The molecule has 24 heavy (non-hydrogen) atoms. The molecule has 6 nitrogen and oxygen atoms in total.